The summed E-state index contributed by atoms with van der Waals surface area (Å²) in [5.41, 5.74) is 1.01. The first-order valence-electron chi connectivity index (χ1n) is 6.91. The summed E-state index contributed by atoms with van der Waals surface area (Å²) in [7, 11) is 2.15. The van der Waals surface area contributed by atoms with Crippen molar-refractivity contribution in [2.75, 3.05) is 51.2 Å². The maximum Gasteiger partial charge on any atom is 0.138 e. The van der Waals surface area contributed by atoms with Crippen LogP contribution in [0.25, 0.3) is 5.65 Å². The van der Waals surface area contributed by atoms with E-state index in [4.69, 9.17) is 0 Å². The lowest BCUT2D eigenvalue weighted by atomic mass is 10.3. The molecule has 3 heterocycles. The lowest BCUT2D eigenvalue weighted by Gasteiger charge is -2.29. The summed E-state index contributed by atoms with van der Waals surface area (Å²) in [5, 5.41) is 3.39. The summed E-state index contributed by atoms with van der Waals surface area (Å²) in [6.45, 7) is 6.69. The number of likely N-dealkylation sites (N-methyl/N-ethyl adjacent to an activating group) is 1. The molecule has 19 heavy (non-hydrogen) atoms. The van der Waals surface area contributed by atoms with E-state index in [1.165, 1.54) is 5.82 Å². The van der Waals surface area contributed by atoms with E-state index >= 15 is 0 Å². The molecule has 0 unspecified atom stereocenters. The molecule has 0 amide bonds. The molecule has 1 N–H and O–H groups in total. The highest BCUT2D eigenvalue weighted by atomic mass is 15.3. The van der Waals surface area contributed by atoms with Crippen molar-refractivity contribution in [2.45, 2.75) is 0 Å². The van der Waals surface area contributed by atoms with Gasteiger partial charge in [-0.15, -0.1) is 0 Å². The number of imidazole rings is 1. The van der Waals surface area contributed by atoms with Crippen molar-refractivity contribution in [1.29, 1.82) is 0 Å². The molecule has 0 saturated carbocycles. The van der Waals surface area contributed by atoms with Gasteiger partial charge in [0.25, 0.3) is 0 Å². The fraction of sp³-hybridized carbons (Fsp3) is 0.500. The first-order chi connectivity index (χ1) is 9.34. The molecule has 2 aromatic heterocycles. The second kappa shape index (κ2) is 5.59. The van der Waals surface area contributed by atoms with Gasteiger partial charge in [0.05, 0.1) is 0 Å². The Bertz CT molecular complexity index is 529. The highest BCUT2D eigenvalue weighted by molar-refractivity contribution is 5.51. The van der Waals surface area contributed by atoms with Crippen LogP contribution in [0.2, 0.25) is 0 Å². The Kier molecular flexibility index (Phi) is 3.66. The molecule has 5 nitrogen and oxygen atoms in total. The largest absolute Gasteiger partial charge is 0.359 e. The van der Waals surface area contributed by atoms with Crippen molar-refractivity contribution in [3.8, 4) is 0 Å². The lowest BCUT2D eigenvalue weighted by molar-refractivity contribution is 0.246. The van der Waals surface area contributed by atoms with Crippen molar-refractivity contribution < 1.29 is 0 Å². The molecule has 0 radical (unpaired) electrons. The normalized spacial score (nSPS) is 16.9. The monoisotopic (exact) mass is 259 g/mol. The maximum atomic E-state index is 4.33. The molecule has 1 aliphatic rings. The molecule has 1 fully saturated rings. The van der Waals surface area contributed by atoms with Crippen molar-refractivity contribution >= 4 is 11.5 Å². The van der Waals surface area contributed by atoms with E-state index in [0.717, 1.165) is 44.9 Å². The number of nitrogens with zero attached hydrogens (tertiary/aromatic N) is 4. The third-order valence-corrected chi connectivity index (χ3v) is 3.76. The number of aromatic nitrogens is 2. The third-order valence-electron chi connectivity index (χ3n) is 3.76. The van der Waals surface area contributed by atoms with Gasteiger partial charge >= 0.3 is 0 Å². The summed E-state index contributed by atoms with van der Waals surface area (Å²) in [6, 6.07) is 6.25. The van der Waals surface area contributed by atoms with Crippen LogP contribution in [0.3, 0.4) is 0 Å². The van der Waals surface area contributed by atoms with Crippen molar-refractivity contribution in [3.63, 3.8) is 0 Å². The van der Waals surface area contributed by atoms with Crippen molar-refractivity contribution in [3.05, 3.63) is 30.6 Å². The molecule has 1 saturated heterocycles. The van der Waals surface area contributed by atoms with E-state index < -0.39 is 0 Å². The number of hydrogen-bond donors (Lipinski definition) is 1. The zero-order valence-corrected chi connectivity index (χ0v) is 11.4. The van der Waals surface area contributed by atoms with Crippen LogP contribution in [-0.4, -0.2) is 60.6 Å². The van der Waals surface area contributed by atoms with E-state index in [-0.39, 0.29) is 0 Å². The predicted molar refractivity (Wildman–Crippen MR) is 77.8 cm³/mol. The molecule has 102 valence electrons. The first-order valence-corrected chi connectivity index (χ1v) is 6.91. The molecule has 5 heteroatoms. The maximum absolute atomic E-state index is 4.33. The highest BCUT2D eigenvalue weighted by Gasteiger charge is 2.11. The summed E-state index contributed by atoms with van der Waals surface area (Å²) >= 11 is 0. The summed E-state index contributed by atoms with van der Waals surface area (Å²) < 4.78 is 2.14. The minimum Gasteiger partial charge on any atom is -0.359 e. The summed E-state index contributed by atoms with van der Waals surface area (Å²) in [5.74, 6) is 1.20. The summed E-state index contributed by atoms with van der Waals surface area (Å²) in [4.78, 5) is 9.15. The van der Waals surface area contributed by atoms with Gasteiger partial charge in [0.1, 0.15) is 11.5 Å². The van der Waals surface area contributed by atoms with Gasteiger partial charge in [-0.05, 0) is 12.1 Å². The molecular weight excluding hydrogens is 238 g/mol. The molecule has 0 aliphatic carbocycles. The fourth-order valence-corrected chi connectivity index (χ4v) is 2.58. The minimum absolute atomic E-state index is 1.01. The van der Waals surface area contributed by atoms with Gasteiger partial charge in [-0.2, -0.15) is 0 Å². The SMILES string of the molecule is CN(CCN1CCNCC1)c1cccc2nccn12. The van der Waals surface area contributed by atoms with Crippen LogP contribution >= 0.6 is 0 Å². The van der Waals surface area contributed by atoms with Crippen LogP contribution in [0.4, 0.5) is 5.82 Å². The average Bonchev–Trinajstić information content (AvgIpc) is 2.94. The average molecular weight is 259 g/mol. The van der Waals surface area contributed by atoms with E-state index in [1.807, 2.05) is 18.5 Å². The number of hydrogen-bond acceptors (Lipinski definition) is 4. The van der Waals surface area contributed by atoms with Crippen LogP contribution in [0.15, 0.2) is 30.6 Å². The van der Waals surface area contributed by atoms with Gasteiger partial charge in [-0.3, -0.25) is 9.30 Å². The van der Waals surface area contributed by atoms with Crippen molar-refractivity contribution in [2.24, 2.45) is 0 Å². The number of pyridine rings is 1. The van der Waals surface area contributed by atoms with Gasteiger partial charge in [0.2, 0.25) is 0 Å². The Labute approximate surface area is 113 Å². The number of nitrogens with one attached hydrogen (secondary N) is 1. The Balaban J connectivity index is 1.66. The third kappa shape index (κ3) is 2.72. The van der Waals surface area contributed by atoms with E-state index in [2.05, 4.69) is 43.7 Å². The van der Waals surface area contributed by atoms with Crippen LogP contribution in [0.1, 0.15) is 0 Å². The topological polar surface area (TPSA) is 35.8 Å². The number of fused-ring (bicyclic) bond motifs is 1. The van der Waals surface area contributed by atoms with Gasteiger partial charge in [0.15, 0.2) is 0 Å². The fourth-order valence-electron chi connectivity index (χ4n) is 2.58. The van der Waals surface area contributed by atoms with Crippen molar-refractivity contribution in [1.82, 2.24) is 19.6 Å². The van der Waals surface area contributed by atoms with Gasteiger partial charge in [-0.25, -0.2) is 4.98 Å². The molecule has 3 rings (SSSR count). The Morgan fingerprint density at radius 3 is 3.00 bits per heavy atom. The first kappa shape index (κ1) is 12.4. The predicted octanol–water partition coefficient (Wildman–Crippen LogP) is 0.676. The quantitative estimate of drug-likeness (QED) is 0.876. The van der Waals surface area contributed by atoms with Crippen LogP contribution in [-0.2, 0) is 0 Å². The zero-order chi connectivity index (χ0) is 13.1. The van der Waals surface area contributed by atoms with Crippen LogP contribution < -0.4 is 10.2 Å². The van der Waals surface area contributed by atoms with E-state index in [1.54, 1.807) is 0 Å². The Morgan fingerprint density at radius 1 is 1.32 bits per heavy atom. The highest BCUT2D eigenvalue weighted by Crippen LogP contribution is 2.14. The Morgan fingerprint density at radius 2 is 2.16 bits per heavy atom. The molecule has 0 atom stereocenters. The molecule has 2 aromatic rings. The molecular formula is C14H21N5. The zero-order valence-electron chi connectivity index (χ0n) is 11.4. The Hall–Kier alpha value is -1.59. The lowest BCUT2D eigenvalue weighted by Crippen LogP contribution is -2.46. The van der Waals surface area contributed by atoms with Gasteiger partial charge in [0, 0.05) is 58.7 Å². The van der Waals surface area contributed by atoms with Crippen LogP contribution in [0, 0.1) is 0 Å². The van der Waals surface area contributed by atoms with Crippen LogP contribution in [0.5, 0.6) is 0 Å². The van der Waals surface area contributed by atoms with E-state index in [0.29, 0.717) is 0 Å². The molecule has 1 aliphatic heterocycles. The van der Waals surface area contributed by atoms with Gasteiger partial charge in [-0.1, -0.05) is 6.07 Å². The number of anilines is 1. The minimum atomic E-state index is 1.01. The summed E-state index contributed by atoms with van der Waals surface area (Å²) in [6.07, 6.45) is 3.87. The second-order valence-electron chi connectivity index (χ2n) is 5.05. The standard InChI is InChI=1S/C14H21N5/c1-17(11-12-18-8-5-15-6-9-18)14-4-2-3-13-16-7-10-19(13)14/h2-4,7,10,15H,5-6,8-9,11-12H2,1H3. The smallest absolute Gasteiger partial charge is 0.138 e. The number of piperazine rings is 1. The molecule has 0 spiro atoms. The molecule has 0 aromatic carbocycles. The number of rotatable bonds is 4. The second-order valence-corrected chi connectivity index (χ2v) is 5.05. The molecule has 0 bridgehead atoms. The van der Waals surface area contributed by atoms with Gasteiger partial charge < -0.3 is 10.2 Å². The van der Waals surface area contributed by atoms with E-state index in [9.17, 15) is 0 Å².